The minimum absolute atomic E-state index is 0.0274. The molecule has 1 N–H and O–H groups in total. The Bertz CT molecular complexity index is 440. The molecule has 1 aromatic carbocycles. The van der Waals surface area contributed by atoms with Gasteiger partial charge in [0.2, 0.25) is 0 Å². The number of aliphatic hydroxyl groups excluding tert-OH is 1. The Morgan fingerprint density at radius 1 is 1.35 bits per heavy atom. The lowest BCUT2D eigenvalue weighted by Gasteiger charge is -2.31. The molecule has 0 saturated carbocycles. The fourth-order valence-corrected chi connectivity index (χ4v) is 2.13. The first-order valence-corrected chi connectivity index (χ1v) is 6.76. The summed E-state index contributed by atoms with van der Waals surface area (Å²) in [6.07, 6.45) is 2.30. The Hall–Kier alpha value is -1.65. The first-order valence-electron chi connectivity index (χ1n) is 6.76. The van der Waals surface area contributed by atoms with Crippen LogP contribution >= 0.6 is 0 Å². The largest absolute Gasteiger partial charge is 0.460 e. The third-order valence-electron chi connectivity index (χ3n) is 2.88. The van der Waals surface area contributed by atoms with Crippen LogP contribution in [-0.2, 0) is 16.1 Å². The van der Waals surface area contributed by atoms with Crippen LogP contribution in [0.25, 0.3) is 0 Å². The zero-order valence-corrected chi connectivity index (χ0v) is 12.5. The SMILES string of the molecule is CC=CC(=O)OCC(O)C[N+](C)(C)Cc1ccccc1. The molecule has 0 bridgehead atoms. The molecule has 0 amide bonds. The number of carbonyl (C=O) groups is 1. The molecule has 0 radical (unpaired) electrons. The molecule has 1 aromatic rings. The summed E-state index contributed by atoms with van der Waals surface area (Å²) in [5.74, 6) is -0.417. The molecule has 0 heterocycles. The van der Waals surface area contributed by atoms with E-state index >= 15 is 0 Å². The minimum Gasteiger partial charge on any atom is -0.460 e. The van der Waals surface area contributed by atoms with Crippen molar-refractivity contribution in [1.82, 2.24) is 0 Å². The predicted molar refractivity (Wildman–Crippen MR) is 78.9 cm³/mol. The Labute approximate surface area is 120 Å². The molecule has 1 atom stereocenters. The van der Waals surface area contributed by atoms with E-state index in [2.05, 4.69) is 12.1 Å². The topological polar surface area (TPSA) is 46.5 Å². The summed E-state index contributed by atoms with van der Waals surface area (Å²) in [5, 5.41) is 9.96. The van der Waals surface area contributed by atoms with Crippen molar-refractivity contribution in [1.29, 1.82) is 0 Å². The van der Waals surface area contributed by atoms with Crippen molar-refractivity contribution in [3.05, 3.63) is 48.0 Å². The molecular formula is C16H24NO3+. The lowest BCUT2D eigenvalue weighted by Crippen LogP contribution is -2.46. The molecular weight excluding hydrogens is 254 g/mol. The first kappa shape index (κ1) is 16.4. The van der Waals surface area contributed by atoms with Gasteiger partial charge in [0.15, 0.2) is 0 Å². The number of ether oxygens (including phenoxy) is 1. The first-order chi connectivity index (χ1) is 9.43. The molecule has 0 fully saturated rings. The zero-order chi connectivity index (χ0) is 15.0. The number of aliphatic hydroxyl groups is 1. The van der Waals surface area contributed by atoms with E-state index in [1.165, 1.54) is 11.6 Å². The summed E-state index contributed by atoms with van der Waals surface area (Å²) in [6.45, 7) is 3.12. The van der Waals surface area contributed by atoms with Crippen molar-refractivity contribution in [3.8, 4) is 0 Å². The summed E-state index contributed by atoms with van der Waals surface area (Å²) < 4.78 is 5.59. The predicted octanol–water partition coefficient (Wildman–Crippen LogP) is 1.74. The van der Waals surface area contributed by atoms with Crippen LogP contribution in [0, 0.1) is 0 Å². The highest BCUT2D eigenvalue weighted by Gasteiger charge is 2.21. The third-order valence-corrected chi connectivity index (χ3v) is 2.88. The highest BCUT2D eigenvalue weighted by atomic mass is 16.5. The van der Waals surface area contributed by atoms with Gasteiger partial charge in [-0.2, -0.15) is 0 Å². The standard InChI is InChI=1S/C16H24NO3/c1-4-8-16(19)20-13-15(18)12-17(2,3)11-14-9-6-5-7-10-14/h4-10,15,18H,11-13H2,1-3H3/q+1. The Balaban J connectivity index is 2.43. The highest BCUT2D eigenvalue weighted by molar-refractivity contribution is 5.81. The van der Waals surface area contributed by atoms with Crippen molar-refractivity contribution in [2.75, 3.05) is 27.2 Å². The fraction of sp³-hybridized carbons (Fsp3) is 0.438. The van der Waals surface area contributed by atoms with Gasteiger partial charge in [-0.1, -0.05) is 36.4 Å². The van der Waals surface area contributed by atoms with Crippen LogP contribution in [-0.4, -0.2) is 48.9 Å². The molecule has 0 spiro atoms. The van der Waals surface area contributed by atoms with E-state index in [9.17, 15) is 9.90 Å². The summed E-state index contributed by atoms with van der Waals surface area (Å²) in [4.78, 5) is 11.2. The second-order valence-corrected chi connectivity index (χ2v) is 5.55. The van der Waals surface area contributed by atoms with Crippen LogP contribution < -0.4 is 0 Å². The lowest BCUT2D eigenvalue weighted by molar-refractivity contribution is -0.906. The van der Waals surface area contributed by atoms with Crippen LogP contribution in [0.4, 0.5) is 0 Å². The molecule has 4 nitrogen and oxygen atoms in total. The van der Waals surface area contributed by atoms with Crippen molar-refractivity contribution >= 4 is 5.97 Å². The van der Waals surface area contributed by atoms with Crippen LogP contribution in [0.15, 0.2) is 42.5 Å². The van der Waals surface area contributed by atoms with Gasteiger partial charge in [0.1, 0.15) is 25.8 Å². The van der Waals surface area contributed by atoms with Crippen molar-refractivity contribution in [2.45, 2.75) is 19.6 Å². The number of carbonyl (C=O) groups excluding carboxylic acids is 1. The quantitative estimate of drug-likeness (QED) is 0.469. The van der Waals surface area contributed by atoms with E-state index in [1.54, 1.807) is 13.0 Å². The van der Waals surface area contributed by atoms with Gasteiger partial charge in [0, 0.05) is 11.6 Å². The number of rotatable bonds is 7. The molecule has 0 saturated heterocycles. The van der Waals surface area contributed by atoms with Gasteiger partial charge < -0.3 is 14.3 Å². The molecule has 1 unspecified atom stereocenters. The number of nitrogens with zero attached hydrogens (tertiary/aromatic N) is 1. The summed E-state index contributed by atoms with van der Waals surface area (Å²) in [5.41, 5.74) is 1.22. The van der Waals surface area contributed by atoms with Gasteiger partial charge in [-0.25, -0.2) is 4.79 Å². The smallest absolute Gasteiger partial charge is 0.330 e. The van der Waals surface area contributed by atoms with Gasteiger partial charge >= 0.3 is 5.97 Å². The molecule has 4 heteroatoms. The maximum Gasteiger partial charge on any atom is 0.330 e. The fourth-order valence-electron chi connectivity index (χ4n) is 2.13. The number of benzene rings is 1. The molecule has 0 aliphatic carbocycles. The van der Waals surface area contributed by atoms with Crippen LogP contribution in [0.5, 0.6) is 0 Å². The van der Waals surface area contributed by atoms with E-state index in [1.807, 2.05) is 32.3 Å². The van der Waals surface area contributed by atoms with Gasteiger partial charge in [0.05, 0.1) is 14.1 Å². The van der Waals surface area contributed by atoms with Crippen molar-refractivity contribution in [3.63, 3.8) is 0 Å². The van der Waals surface area contributed by atoms with Gasteiger partial charge in [0.25, 0.3) is 0 Å². The molecule has 1 rings (SSSR count). The Morgan fingerprint density at radius 3 is 2.60 bits per heavy atom. The van der Waals surface area contributed by atoms with E-state index in [0.29, 0.717) is 11.0 Å². The van der Waals surface area contributed by atoms with Crippen molar-refractivity contribution < 1.29 is 19.1 Å². The number of likely N-dealkylation sites (N-methyl/N-ethyl adjacent to an activating group) is 1. The van der Waals surface area contributed by atoms with Crippen LogP contribution in [0.2, 0.25) is 0 Å². The third kappa shape index (κ3) is 6.50. The molecule has 0 aliphatic rings. The van der Waals surface area contributed by atoms with Gasteiger partial charge in [-0.05, 0) is 6.92 Å². The maximum atomic E-state index is 11.2. The molecule has 20 heavy (non-hydrogen) atoms. The van der Waals surface area contributed by atoms with Crippen molar-refractivity contribution in [2.24, 2.45) is 0 Å². The number of quaternary nitrogens is 1. The average Bonchev–Trinajstić information content (AvgIpc) is 2.37. The van der Waals surface area contributed by atoms with Gasteiger partial charge in [-0.15, -0.1) is 0 Å². The van der Waals surface area contributed by atoms with Crippen LogP contribution in [0.1, 0.15) is 12.5 Å². The zero-order valence-electron chi connectivity index (χ0n) is 12.5. The summed E-state index contributed by atoms with van der Waals surface area (Å²) in [7, 11) is 4.09. The van der Waals surface area contributed by atoms with Crippen LogP contribution in [0.3, 0.4) is 0 Å². The van der Waals surface area contributed by atoms with E-state index in [0.717, 1.165) is 6.54 Å². The minimum atomic E-state index is -0.664. The monoisotopic (exact) mass is 278 g/mol. The van der Waals surface area contributed by atoms with E-state index in [-0.39, 0.29) is 6.61 Å². The second kappa shape index (κ2) is 7.82. The Kier molecular flexibility index (Phi) is 6.42. The summed E-state index contributed by atoms with van der Waals surface area (Å²) in [6, 6.07) is 10.1. The average molecular weight is 278 g/mol. The highest BCUT2D eigenvalue weighted by Crippen LogP contribution is 2.10. The lowest BCUT2D eigenvalue weighted by atomic mass is 10.2. The number of allylic oxidation sites excluding steroid dienone is 1. The van der Waals surface area contributed by atoms with Gasteiger partial charge in [-0.3, -0.25) is 0 Å². The Morgan fingerprint density at radius 2 is 2.00 bits per heavy atom. The molecule has 0 aliphatic heterocycles. The summed E-state index contributed by atoms with van der Waals surface area (Å²) >= 11 is 0. The number of hydrogen-bond donors (Lipinski definition) is 1. The number of esters is 1. The van der Waals surface area contributed by atoms with E-state index in [4.69, 9.17) is 4.74 Å². The maximum absolute atomic E-state index is 11.2. The molecule has 110 valence electrons. The second-order valence-electron chi connectivity index (χ2n) is 5.55. The normalized spacial score (nSPS) is 13.4. The molecule has 0 aromatic heterocycles. The van der Waals surface area contributed by atoms with E-state index < -0.39 is 12.1 Å². The number of hydrogen-bond acceptors (Lipinski definition) is 3.